The number of rotatable bonds is 5. The van der Waals surface area contributed by atoms with Gasteiger partial charge in [-0.15, -0.1) is 0 Å². The zero-order chi connectivity index (χ0) is 17.8. The number of anilines is 2. The number of hydrogen-bond donors (Lipinski definition) is 1. The minimum atomic E-state index is -0.679. The van der Waals surface area contributed by atoms with Crippen LogP contribution in [0.1, 0.15) is 12.0 Å². The number of carbonyl (C=O) groups is 2. The van der Waals surface area contributed by atoms with Crippen molar-refractivity contribution in [3.05, 3.63) is 59.1 Å². The van der Waals surface area contributed by atoms with E-state index in [1.165, 1.54) is 0 Å². The van der Waals surface area contributed by atoms with Gasteiger partial charge in [-0.2, -0.15) is 0 Å². The van der Waals surface area contributed by atoms with E-state index in [9.17, 15) is 9.59 Å². The average Bonchev–Trinajstić information content (AvgIpc) is 2.98. The van der Waals surface area contributed by atoms with Gasteiger partial charge in [-0.05, 0) is 48.4 Å². The highest BCUT2D eigenvalue weighted by molar-refractivity contribution is 6.30. The Morgan fingerprint density at radius 2 is 2.04 bits per heavy atom. The molecule has 1 N–H and O–H groups in total. The number of halogens is 1. The van der Waals surface area contributed by atoms with E-state index in [0.29, 0.717) is 30.3 Å². The lowest BCUT2D eigenvalue weighted by atomic mass is 10.1. The molecule has 25 heavy (non-hydrogen) atoms. The van der Waals surface area contributed by atoms with Gasteiger partial charge in [0.15, 0.2) is 0 Å². The minimum absolute atomic E-state index is 0.187. The highest BCUT2D eigenvalue weighted by atomic mass is 35.5. The van der Waals surface area contributed by atoms with Gasteiger partial charge >= 0.3 is 0 Å². The molecule has 1 aliphatic rings. The molecule has 0 aliphatic carbocycles. The Balaban J connectivity index is 1.68. The molecular weight excluding hydrogens is 340 g/mol. The van der Waals surface area contributed by atoms with Crippen molar-refractivity contribution in [1.82, 2.24) is 0 Å². The predicted molar refractivity (Wildman–Crippen MR) is 97.7 cm³/mol. The van der Waals surface area contributed by atoms with Crippen LogP contribution in [0.4, 0.5) is 11.4 Å². The zero-order valence-electron chi connectivity index (χ0n) is 13.9. The zero-order valence-corrected chi connectivity index (χ0v) is 14.6. The molecule has 1 unspecified atom stereocenters. The van der Waals surface area contributed by atoms with Crippen molar-refractivity contribution >= 4 is 34.8 Å². The molecule has 1 heterocycles. The lowest BCUT2D eigenvalue weighted by Crippen LogP contribution is -2.33. The lowest BCUT2D eigenvalue weighted by molar-refractivity contribution is -0.129. The van der Waals surface area contributed by atoms with Crippen LogP contribution in [0.3, 0.4) is 0 Å². The topological polar surface area (TPSA) is 58.6 Å². The van der Waals surface area contributed by atoms with Gasteiger partial charge in [-0.3, -0.25) is 9.59 Å². The number of benzene rings is 2. The molecule has 0 bridgehead atoms. The first-order valence-corrected chi connectivity index (χ1v) is 8.42. The van der Waals surface area contributed by atoms with Gasteiger partial charge < -0.3 is 15.0 Å². The molecular formula is C19H19ClN2O3. The summed E-state index contributed by atoms with van der Waals surface area (Å²) in [6.07, 6.45) is 0.491. The Hall–Kier alpha value is -2.37. The quantitative estimate of drug-likeness (QED) is 0.832. The molecule has 2 amide bonds. The molecule has 1 fully saturated rings. The normalized spacial score (nSPS) is 17.0. The van der Waals surface area contributed by atoms with Crippen molar-refractivity contribution in [2.45, 2.75) is 13.0 Å². The second-order valence-corrected chi connectivity index (χ2v) is 6.37. The first kappa shape index (κ1) is 17.5. The van der Waals surface area contributed by atoms with Crippen LogP contribution in [0, 0.1) is 5.92 Å². The van der Waals surface area contributed by atoms with Gasteiger partial charge in [0.25, 0.3) is 0 Å². The maximum atomic E-state index is 12.6. The first-order valence-electron chi connectivity index (χ1n) is 8.04. The Labute approximate surface area is 151 Å². The number of amides is 2. The third kappa shape index (κ3) is 4.00. The summed E-state index contributed by atoms with van der Waals surface area (Å²) in [5, 5.41) is 3.44. The molecule has 0 radical (unpaired) electrons. The van der Waals surface area contributed by atoms with Crippen LogP contribution >= 0.6 is 11.6 Å². The molecule has 0 saturated carbocycles. The van der Waals surface area contributed by atoms with Crippen LogP contribution in [0.25, 0.3) is 0 Å². The SMILES string of the molecule is COCc1cccc(NC(=O)C2CCN(c3ccc(Cl)cc3)C2=O)c1. The van der Waals surface area contributed by atoms with Crippen LogP contribution in [-0.2, 0) is 20.9 Å². The number of nitrogens with zero attached hydrogens (tertiary/aromatic N) is 1. The van der Waals surface area contributed by atoms with Gasteiger partial charge in [0.2, 0.25) is 11.8 Å². The van der Waals surface area contributed by atoms with Crippen LogP contribution in [0.5, 0.6) is 0 Å². The van der Waals surface area contributed by atoms with Crippen molar-refractivity contribution < 1.29 is 14.3 Å². The molecule has 2 aromatic carbocycles. The maximum Gasteiger partial charge on any atom is 0.239 e. The van der Waals surface area contributed by atoms with Crippen molar-refractivity contribution in [2.24, 2.45) is 5.92 Å². The van der Waals surface area contributed by atoms with Crippen molar-refractivity contribution in [1.29, 1.82) is 0 Å². The second kappa shape index (κ2) is 7.68. The third-order valence-corrected chi connectivity index (χ3v) is 4.42. The molecule has 3 rings (SSSR count). The standard InChI is InChI=1S/C19H19ClN2O3/c1-25-12-13-3-2-4-15(11-13)21-18(23)17-9-10-22(19(17)24)16-7-5-14(20)6-8-16/h2-8,11,17H,9-10,12H2,1H3,(H,21,23). The van der Waals surface area contributed by atoms with E-state index in [4.69, 9.17) is 16.3 Å². The molecule has 130 valence electrons. The average molecular weight is 359 g/mol. The van der Waals surface area contributed by atoms with Gasteiger partial charge in [-0.25, -0.2) is 0 Å². The fraction of sp³-hybridized carbons (Fsp3) is 0.263. The summed E-state index contributed by atoms with van der Waals surface area (Å²) in [6.45, 7) is 0.985. The van der Waals surface area contributed by atoms with E-state index in [1.807, 2.05) is 18.2 Å². The van der Waals surface area contributed by atoms with Crippen molar-refractivity contribution in [2.75, 3.05) is 23.9 Å². The van der Waals surface area contributed by atoms with Crippen LogP contribution in [0.15, 0.2) is 48.5 Å². The Morgan fingerprint density at radius 1 is 1.28 bits per heavy atom. The summed E-state index contributed by atoms with van der Waals surface area (Å²) in [6, 6.07) is 14.5. The Morgan fingerprint density at radius 3 is 2.76 bits per heavy atom. The first-order chi connectivity index (χ1) is 12.1. The van der Waals surface area contributed by atoms with E-state index >= 15 is 0 Å². The lowest BCUT2D eigenvalue weighted by Gasteiger charge is -2.17. The van der Waals surface area contributed by atoms with Gasteiger partial charge in [0.1, 0.15) is 5.92 Å². The number of methoxy groups -OCH3 is 1. The van der Waals surface area contributed by atoms with Crippen molar-refractivity contribution in [3.63, 3.8) is 0 Å². The van der Waals surface area contributed by atoms with E-state index in [2.05, 4.69) is 5.32 Å². The summed E-state index contributed by atoms with van der Waals surface area (Å²) in [7, 11) is 1.62. The molecule has 1 atom stereocenters. The molecule has 0 aromatic heterocycles. The van der Waals surface area contributed by atoms with Crippen LogP contribution < -0.4 is 10.2 Å². The number of nitrogens with one attached hydrogen (secondary N) is 1. The van der Waals surface area contributed by atoms with E-state index in [-0.39, 0.29) is 11.8 Å². The van der Waals surface area contributed by atoms with Gasteiger partial charge in [0, 0.05) is 30.1 Å². The van der Waals surface area contributed by atoms with E-state index in [0.717, 1.165) is 11.3 Å². The van der Waals surface area contributed by atoms with Crippen LogP contribution in [0.2, 0.25) is 5.02 Å². The highest BCUT2D eigenvalue weighted by Gasteiger charge is 2.37. The largest absolute Gasteiger partial charge is 0.380 e. The highest BCUT2D eigenvalue weighted by Crippen LogP contribution is 2.27. The van der Waals surface area contributed by atoms with Gasteiger partial charge in [0.05, 0.1) is 6.61 Å². The predicted octanol–water partition coefficient (Wildman–Crippen LogP) is 3.48. The summed E-state index contributed by atoms with van der Waals surface area (Å²) in [5.41, 5.74) is 2.38. The van der Waals surface area contributed by atoms with Crippen molar-refractivity contribution in [3.8, 4) is 0 Å². The maximum absolute atomic E-state index is 12.6. The summed E-state index contributed by atoms with van der Waals surface area (Å²) in [5.74, 6) is -1.15. The Kier molecular flexibility index (Phi) is 5.36. The van der Waals surface area contributed by atoms with Crippen LogP contribution in [-0.4, -0.2) is 25.5 Å². The monoisotopic (exact) mass is 358 g/mol. The summed E-state index contributed by atoms with van der Waals surface area (Å²) < 4.78 is 5.09. The molecule has 5 nitrogen and oxygen atoms in total. The Bertz CT molecular complexity index is 776. The minimum Gasteiger partial charge on any atom is -0.380 e. The molecule has 1 aliphatic heterocycles. The number of hydrogen-bond acceptors (Lipinski definition) is 3. The summed E-state index contributed by atoms with van der Waals surface area (Å²) in [4.78, 5) is 26.7. The molecule has 0 spiro atoms. The third-order valence-electron chi connectivity index (χ3n) is 4.17. The second-order valence-electron chi connectivity index (χ2n) is 5.93. The fourth-order valence-corrected chi connectivity index (χ4v) is 3.06. The number of ether oxygens (including phenoxy) is 1. The van der Waals surface area contributed by atoms with E-state index in [1.54, 1.807) is 42.3 Å². The van der Waals surface area contributed by atoms with Gasteiger partial charge in [-0.1, -0.05) is 23.7 Å². The molecule has 2 aromatic rings. The molecule has 6 heteroatoms. The number of carbonyl (C=O) groups excluding carboxylic acids is 2. The fourth-order valence-electron chi connectivity index (χ4n) is 2.94. The molecule has 1 saturated heterocycles. The smallest absolute Gasteiger partial charge is 0.239 e. The van der Waals surface area contributed by atoms with E-state index < -0.39 is 5.92 Å². The summed E-state index contributed by atoms with van der Waals surface area (Å²) >= 11 is 5.88.